The molecule has 0 spiro atoms. The number of hydrogen-bond acceptors (Lipinski definition) is 4. The lowest BCUT2D eigenvalue weighted by atomic mass is 9.96. The molecule has 0 aromatic heterocycles. The van der Waals surface area contributed by atoms with Gasteiger partial charge in [0.15, 0.2) is 11.5 Å². The first-order valence-corrected chi connectivity index (χ1v) is 5.52. The molecule has 0 amide bonds. The third-order valence-electron chi connectivity index (χ3n) is 2.65. The van der Waals surface area contributed by atoms with Gasteiger partial charge in [0, 0.05) is 0 Å². The Morgan fingerprint density at radius 2 is 1.78 bits per heavy atom. The normalized spacial score (nSPS) is 11.2. The minimum atomic E-state index is -0.267. The molecule has 0 aliphatic carbocycles. The van der Waals surface area contributed by atoms with Crippen LogP contribution in [0.25, 0.3) is 0 Å². The summed E-state index contributed by atoms with van der Waals surface area (Å²) in [6.07, 6.45) is 2.30. The number of benzene rings is 1. The molecule has 1 atom stereocenters. The van der Waals surface area contributed by atoms with Crippen molar-refractivity contribution >= 4 is 0 Å². The number of nitriles is 1. The van der Waals surface area contributed by atoms with Crippen molar-refractivity contribution in [3.8, 4) is 23.3 Å². The highest BCUT2D eigenvalue weighted by atomic mass is 16.5. The first kappa shape index (κ1) is 13.9. The van der Waals surface area contributed by atoms with E-state index in [1.807, 2.05) is 0 Å². The van der Waals surface area contributed by atoms with Gasteiger partial charge in [-0.15, -0.1) is 6.58 Å². The fourth-order valence-electron chi connectivity index (χ4n) is 1.73. The number of hydrogen-bond donors (Lipinski definition) is 0. The molecule has 0 aliphatic heterocycles. The van der Waals surface area contributed by atoms with Crippen molar-refractivity contribution < 1.29 is 14.2 Å². The number of nitrogens with zero attached hydrogens (tertiary/aromatic N) is 1. The van der Waals surface area contributed by atoms with Crippen molar-refractivity contribution in [2.75, 3.05) is 21.3 Å². The Kier molecular flexibility index (Phi) is 5.06. The number of ether oxygens (including phenoxy) is 3. The van der Waals surface area contributed by atoms with Gasteiger partial charge in [0.25, 0.3) is 0 Å². The molecule has 0 aliphatic rings. The van der Waals surface area contributed by atoms with Crippen LogP contribution in [0.1, 0.15) is 17.9 Å². The van der Waals surface area contributed by atoms with Crippen molar-refractivity contribution in [1.29, 1.82) is 5.26 Å². The molecule has 18 heavy (non-hydrogen) atoms. The summed E-state index contributed by atoms with van der Waals surface area (Å²) in [7, 11) is 4.65. The maximum Gasteiger partial charge on any atom is 0.203 e. The maximum atomic E-state index is 9.15. The molecule has 4 heteroatoms. The van der Waals surface area contributed by atoms with Crippen LogP contribution in [-0.4, -0.2) is 21.3 Å². The highest BCUT2D eigenvalue weighted by Crippen LogP contribution is 2.40. The van der Waals surface area contributed by atoms with E-state index in [9.17, 15) is 0 Å². The van der Waals surface area contributed by atoms with Gasteiger partial charge in [-0.25, -0.2) is 0 Å². The first-order chi connectivity index (χ1) is 8.71. The Morgan fingerprint density at radius 3 is 2.11 bits per heavy atom. The number of allylic oxidation sites excluding steroid dienone is 1. The topological polar surface area (TPSA) is 51.5 Å². The van der Waals surface area contributed by atoms with E-state index in [0.29, 0.717) is 23.7 Å². The predicted octanol–water partition coefficient (Wildman–Crippen LogP) is 2.90. The van der Waals surface area contributed by atoms with Gasteiger partial charge in [0.2, 0.25) is 5.75 Å². The lowest BCUT2D eigenvalue weighted by Gasteiger charge is -2.15. The van der Waals surface area contributed by atoms with E-state index < -0.39 is 0 Å². The molecule has 1 rings (SSSR count). The molecule has 0 saturated carbocycles. The molecule has 4 nitrogen and oxygen atoms in total. The van der Waals surface area contributed by atoms with E-state index in [2.05, 4.69) is 12.6 Å². The standard InChI is InChI=1S/C14H17NO3/c1-5-6-10(9-15)11-7-12(16-2)14(18-4)13(8-11)17-3/h5,7-8,10H,1,6H2,2-4H3/t10-/m0/s1. The number of methoxy groups -OCH3 is 3. The van der Waals surface area contributed by atoms with Gasteiger partial charge in [0.1, 0.15) is 0 Å². The van der Waals surface area contributed by atoms with E-state index >= 15 is 0 Å². The second-order valence-corrected chi connectivity index (χ2v) is 3.66. The lowest BCUT2D eigenvalue weighted by Crippen LogP contribution is -2.00. The van der Waals surface area contributed by atoms with E-state index in [1.54, 1.807) is 39.5 Å². The minimum Gasteiger partial charge on any atom is -0.493 e. The highest BCUT2D eigenvalue weighted by molar-refractivity contribution is 5.55. The summed E-state index contributed by atoms with van der Waals surface area (Å²) in [6, 6.07) is 5.82. The van der Waals surface area contributed by atoms with Gasteiger partial charge in [-0.2, -0.15) is 5.26 Å². The Hall–Kier alpha value is -2.15. The fourth-order valence-corrected chi connectivity index (χ4v) is 1.73. The summed E-state index contributed by atoms with van der Waals surface area (Å²) in [5.41, 5.74) is 0.826. The predicted molar refractivity (Wildman–Crippen MR) is 69.3 cm³/mol. The van der Waals surface area contributed by atoms with Crippen molar-refractivity contribution in [3.05, 3.63) is 30.4 Å². The molecule has 0 heterocycles. The van der Waals surface area contributed by atoms with E-state index in [-0.39, 0.29) is 5.92 Å². The molecule has 0 bridgehead atoms. The first-order valence-electron chi connectivity index (χ1n) is 5.52. The molecular formula is C14H17NO3. The average Bonchev–Trinajstić information content (AvgIpc) is 2.42. The molecule has 1 aromatic carbocycles. The van der Waals surface area contributed by atoms with Crippen molar-refractivity contribution in [1.82, 2.24) is 0 Å². The zero-order valence-electron chi connectivity index (χ0n) is 10.9. The highest BCUT2D eigenvalue weighted by Gasteiger charge is 2.17. The Labute approximate surface area is 107 Å². The average molecular weight is 247 g/mol. The lowest BCUT2D eigenvalue weighted by molar-refractivity contribution is 0.323. The summed E-state index contributed by atoms with van der Waals surface area (Å²) < 4.78 is 15.7. The Bertz CT molecular complexity index is 438. The van der Waals surface area contributed by atoms with Gasteiger partial charge in [-0.1, -0.05) is 6.08 Å². The van der Waals surface area contributed by atoms with Crippen LogP contribution in [0.3, 0.4) is 0 Å². The summed E-state index contributed by atoms with van der Waals surface area (Å²) in [6.45, 7) is 3.65. The SMILES string of the molecule is C=CC[C@@H](C#N)c1cc(OC)c(OC)c(OC)c1. The van der Waals surface area contributed by atoms with E-state index in [1.165, 1.54) is 0 Å². The van der Waals surface area contributed by atoms with Gasteiger partial charge in [-0.3, -0.25) is 0 Å². The Balaban J connectivity index is 3.30. The van der Waals surface area contributed by atoms with Crippen LogP contribution >= 0.6 is 0 Å². The minimum absolute atomic E-state index is 0.267. The smallest absolute Gasteiger partial charge is 0.203 e. The monoisotopic (exact) mass is 247 g/mol. The maximum absolute atomic E-state index is 9.15. The van der Waals surface area contributed by atoms with Gasteiger partial charge in [-0.05, 0) is 24.1 Å². The summed E-state index contributed by atoms with van der Waals surface area (Å²) in [5, 5.41) is 9.15. The second kappa shape index (κ2) is 6.55. The largest absolute Gasteiger partial charge is 0.493 e. The van der Waals surface area contributed by atoms with Crippen LogP contribution in [0.15, 0.2) is 24.8 Å². The summed E-state index contributed by atoms with van der Waals surface area (Å²) in [5.74, 6) is 1.36. The third-order valence-corrected chi connectivity index (χ3v) is 2.65. The number of rotatable bonds is 6. The van der Waals surface area contributed by atoms with E-state index in [0.717, 1.165) is 5.56 Å². The van der Waals surface area contributed by atoms with Crippen LogP contribution < -0.4 is 14.2 Å². The molecule has 0 N–H and O–H groups in total. The zero-order valence-corrected chi connectivity index (χ0v) is 10.9. The van der Waals surface area contributed by atoms with Gasteiger partial charge < -0.3 is 14.2 Å². The molecule has 0 radical (unpaired) electrons. The van der Waals surface area contributed by atoms with Crippen molar-refractivity contribution in [3.63, 3.8) is 0 Å². The molecule has 0 saturated heterocycles. The van der Waals surface area contributed by atoms with Crippen LogP contribution in [0.4, 0.5) is 0 Å². The molecule has 1 aromatic rings. The van der Waals surface area contributed by atoms with Crippen LogP contribution in [0, 0.1) is 11.3 Å². The molecular weight excluding hydrogens is 230 g/mol. The second-order valence-electron chi connectivity index (χ2n) is 3.66. The van der Waals surface area contributed by atoms with Crippen LogP contribution in [0.2, 0.25) is 0 Å². The van der Waals surface area contributed by atoms with Gasteiger partial charge >= 0.3 is 0 Å². The van der Waals surface area contributed by atoms with Crippen molar-refractivity contribution in [2.24, 2.45) is 0 Å². The molecule has 0 unspecified atom stereocenters. The van der Waals surface area contributed by atoms with Crippen LogP contribution in [0.5, 0.6) is 17.2 Å². The third kappa shape index (κ3) is 2.75. The van der Waals surface area contributed by atoms with Gasteiger partial charge in [0.05, 0.1) is 33.3 Å². The fraction of sp³-hybridized carbons (Fsp3) is 0.357. The zero-order chi connectivity index (χ0) is 13.5. The van der Waals surface area contributed by atoms with Crippen molar-refractivity contribution in [2.45, 2.75) is 12.3 Å². The summed E-state index contributed by atoms with van der Waals surface area (Å²) in [4.78, 5) is 0. The van der Waals surface area contributed by atoms with E-state index in [4.69, 9.17) is 19.5 Å². The molecule has 96 valence electrons. The summed E-state index contributed by atoms with van der Waals surface area (Å²) >= 11 is 0. The quantitative estimate of drug-likeness (QED) is 0.725. The van der Waals surface area contributed by atoms with Crippen LogP contribution in [-0.2, 0) is 0 Å². The Morgan fingerprint density at radius 1 is 1.22 bits per heavy atom. The molecule has 0 fully saturated rings.